The van der Waals surface area contributed by atoms with Crippen molar-refractivity contribution < 1.29 is 4.79 Å². The van der Waals surface area contributed by atoms with E-state index in [1.807, 2.05) is 35.7 Å². The maximum atomic E-state index is 13.3. The zero-order valence-electron chi connectivity index (χ0n) is 14.9. The molecule has 4 aromatic rings. The number of Topliss-reactive ketones (excluding diaryl/α,β-unsaturated/α-hetero) is 1. The fourth-order valence-electron chi connectivity index (χ4n) is 3.50. The summed E-state index contributed by atoms with van der Waals surface area (Å²) >= 11 is -1.42. The normalized spacial score (nSPS) is 11.3. The van der Waals surface area contributed by atoms with E-state index in [4.69, 9.17) is 0 Å². The van der Waals surface area contributed by atoms with Gasteiger partial charge in [0.05, 0.1) is 0 Å². The number of thiophene rings is 1. The van der Waals surface area contributed by atoms with Crippen LogP contribution in [0, 0.1) is 0 Å². The molecule has 0 aliphatic carbocycles. The van der Waals surface area contributed by atoms with Crippen LogP contribution >= 0.6 is 11.3 Å². The predicted octanol–water partition coefficient (Wildman–Crippen LogP) is 4.10. The number of ketones is 1. The van der Waals surface area contributed by atoms with Crippen LogP contribution in [-0.4, -0.2) is 19.3 Å². The third kappa shape index (κ3) is 3.56. The molecule has 3 aromatic carbocycles. The quantitative estimate of drug-likeness (QED) is 0.332. The van der Waals surface area contributed by atoms with Crippen LogP contribution in [0.1, 0.15) is 9.67 Å². The summed E-state index contributed by atoms with van der Waals surface area (Å²) < 4.78 is 3.91. The number of benzene rings is 3. The molecule has 27 heavy (non-hydrogen) atoms. The summed E-state index contributed by atoms with van der Waals surface area (Å²) in [6.07, 6.45) is 0. The van der Waals surface area contributed by atoms with E-state index >= 15 is 0 Å². The van der Waals surface area contributed by atoms with Gasteiger partial charge in [-0.25, -0.2) is 0 Å². The first-order valence-corrected chi connectivity index (χ1v) is 13.9. The molecule has 0 saturated carbocycles. The van der Waals surface area contributed by atoms with Gasteiger partial charge in [0.1, 0.15) is 0 Å². The van der Waals surface area contributed by atoms with E-state index in [1.54, 1.807) is 0 Å². The molecule has 1 aromatic heterocycles. The fourth-order valence-corrected chi connectivity index (χ4v) is 13.0. The van der Waals surface area contributed by atoms with E-state index in [-0.39, 0.29) is 5.78 Å². The average molecular weight is 431 g/mol. The van der Waals surface area contributed by atoms with Crippen LogP contribution in [0.25, 0.3) is 0 Å². The second kappa shape index (κ2) is 8.08. The second-order valence-corrected chi connectivity index (χ2v) is 14.6. The molecule has 0 saturated heterocycles. The summed E-state index contributed by atoms with van der Waals surface area (Å²) in [5.41, 5.74) is 0. The van der Waals surface area contributed by atoms with Gasteiger partial charge in [0.2, 0.25) is 0 Å². The first kappa shape index (κ1) is 18.0. The summed E-state index contributed by atoms with van der Waals surface area (Å²) in [6, 6.07) is 35.8. The van der Waals surface area contributed by atoms with Gasteiger partial charge in [0.15, 0.2) is 0 Å². The molecule has 0 radical (unpaired) electrons. The van der Waals surface area contributed by atoms with Crippen molar-refractivity contribution in [3.05, 3.63) is 113 Å². The number of hydrogen-bond acceptors (Lipinski definition) is 2. The molecule has 3 heteroatoms. The molecule has 0 bridgehead atoms. The van der Waals surface area contributed by atoms with Crippen molar-refractivity contribution in [3.8, 4) is 0 Å². The Morgan fingerprint density at radius 1 is 0.630 bits per heavy atom. The van der Waals surface area contributed by atoms with Gasteiger partial charge in [-0.1, -0.05) is 0 Å². The summed E-state index contributed by atoms with van der Waals surface area (Å²) in [5.74, 6) is 0.244. The van der Waals surface area contributed by atoms with Gasteiger partial charge in [-0.15, -0.1) is 0 Å². The predicted molar refractivity (Wildman–Crippen MR) is 117 cm³/mol. The van der Waals surface area contributed by atoms with Gasteiger partial charge in [-0.05, 0) is 0 Å². The summed E-state index contributed by atoms with van der Waals surface area (Å²) in [5, 5.41) is 2.55. The van der Waals surface area contributed by atoms with Crippen LogP contribution < -0.4 is 13.1 Å². The SMILES string of the molecule is O=C(C[As+](c1ccccc1)(c1ccccc1)c1ccccc1)c1cccs1. The van der Waals surface area contributed by atoms with E-state index in [1.165, 1.54) is 24.4 Å². The van der Waals surface area contributed by atoms with Crippen molar-refractivity contribution in [1.29, 1.82) is 0 Å². The van der Waals surface area contributed by atoms with Crippen LogP contribution in [0.3, 0.4) is 0 Å². The summed E-state index contributed by atoms with van der Waals surface area (Å²) in [4.78, 5) is 14.1. The molecular formula is C24H20AsOS+. The van der Waals surface area contributed by atoms with Gasteiger partial charge in [0.25, 0.3) is 0 Å². The topological polar surface area (TPSA) is 17.1 Å². The van der Waals surface area contributed by atoms with Gasteiger partial charge in [-0.3, -0.25) is 0 Å². The van der Waals surface area contributed by atoms with Crippen molar-refractivity contribution in [2.75, 3.05) is 0 Å². The minimum atomic E-state index is -2.95. The number of carbonyl (C=O) groups is 1. The molecule has 0 N–H and O–H groups in total. The molecule has 0 amide bonds. The molecule has 0 unspecified atom stereocenters. The van der Waals surface area contributed by atoms with Crippen LogP contribution in [0.4, 0.5) is 0 Å². The third-order valence-corrected chi connectivity index (χ3v) is 14.7. The second-order valence-electron chi connectivity index (χ2n) is 6.37. The number of carbonyl (C=O) groups excluding carboxylic acids is 1. The standard InChI is InChI=1S/C24H20AsOS/c26-23(24-17-10-18-27-24)19-25(20-11-4-1-5-12-20,21-13-6-2-7-14-21)22-15-8-3-9-16-22/h1-18H,19H2/q+1. The van der Waals surface area contributed by atoms with Gasteiger partial charge >= 0.3 is 167 Å². The zero-order chi connectivity index (χ0) is 18.5. The van der Waals surface area contributed by atoms with Gasteiger partial charge < -0.3 is 0 Å². The Hall–Kier alpha value is -2.41. The van der Waals surface area contributed by atoms with E-state index in [0.717, 1.165) is 4.88 Å². The molecule has 0 aliphatic rings. The Kier molecular flexibility index (Phi) is 5.38. The van der Waals surface area contributed by atoms with Crippen LogP contribution in [-0.2, 0) is 0 Å². The molecule has 1 nitrogen and oxygen atoms in total. The van der Waals surface area contributed by atoms with Crippen LogP contribution in [0.15, 0.2) is 109 Å². The Balaban J connectivity index is 1.96. The van der Waals surface area contributed by atoms with Crippen molar-refractivity contribution in [2.24, 2.45) is 0 Å². The van der Waals surface area contributed by atoms with E-state index in [9.17, 15) is 4.79 Å². The van der Waals surface area contributed by atoms with Crippen LogP contribution in [0.5, 0.6) is 0 Å². The van der Waals surface area contributed by atoms with E-state index in [0.29, 0.717) is 5.21 Å². The maximum absolute atomic E-state index is 13.3. The zero-order valence-corrected chi connectivity index (χ0v) is 17.6. The van der Waals surface area contributed by atoms with E-state index in [2.05, 4.69) is 72.8 Å². The molecule has 132 valence electrons. The van der Waals surface area contributed by atoms with Crippen molar-refractivity contribution in [1.82, 2.24) is 0 Å². The van der Waals surface area contributed by atoms with Gasteiger partial charge in [-0.2, -0.15) is 0 Å². The fraction of sp³-hybridized carbons (Fsp3) is 0.0417. The first-order valence-electron chi connectivity index (χ1n) is 8.92. The molecule has 1 heterocycles. The average Bonchev–Trinajstić information content (AvgIpc) is 3.29. The Labute approximate surface area is 166 Å². The molecule has 0 spiro atoms. The van der Waals surface area contributed by atoms with E-state index < -0.39 is 13.6 Å². The molecular weight excluding hydrogens is 411 g/mol. The van der Waals surface area contributed by atoms with Crippen molar-refractivity contribution >= 4 is 43.7 Å². The Bertz CT molecular complexity index is 900. The number of rotatable bonds is 6. The third-order valence-electron chi connectivity index (χ3n) is 4.77. The van der Waals surface area contributed by atoms with Gasteiger partial charge in [0, 0.05) is 0 Å². The Morgan fingerprint density at radius 3 is 1.44 bits per heavy atom. The first-order chi connectivity index (χ1) is 13.3. The molecule has 0 atom stereocenters. The van der Waals surface area contributed by atoms with Crippen molar-refractivity contribution in [2.45, 2.75) is 5.21 Å². The number of hydrogen-bond donors (Lipinski definition) is 0. The Morgan fingerprint density at radius 2 is 1.07 bits per heavy atom. The molecule has 0 aliphatic heterocycles. The molecule has 4 rings (SSSR count). The summed E-state index contributed by atoms with van der Waals surface area (Å²) in [7, 11) is 0. The molecule has 0 fully saturated rings. The monoisotopic (exact) mass is 431 g/mol. The van der Waals surface area contributed by atoms with Crippen molar-refractivity contribution in [3.63, 3.8) is 0 Å². The minimum absolute atomic E-state index is 0.244. The van der Waals surface area contributed by atoms with Crippen LogP contribution in [0.2, 0.25) is 5.21 Å². The summed E-state index contributed by atoms with van der Waals surface area (Å²) in [6.45, 7) is 0.